The first kappa shape index (κ1) is 13.5. The molecule has 0 amide bonds. The van der Waals surface area contributed by atoms with Crippen molar-refractivity contribution in [1.29, 1.82) is 0 Å². The largest absolute Gasteiger partial charge is 0.344 e. The third-order valence-electron chi connectivity index (χ3n) is 2.96. The molecule has 0 fully saturated rings. The molecule has 0 aromatic carbocycles. The topological polar surface area (TPSA) is 68.2 Å². The molecule has 1 aromatic rings. The fraction of sp³-hybridized carbons (Fsp3) is 0.455. The Morgan fingerprint density at radius 1 is 1.24 bits per heavy atom. The zero-order chi connectivity index (χ0) is 13.2. The Hall–Kier alpha value is -1.56. The maximum absolute atomic E-state index is 12.1. The van der Waals surface area contributed by atoms with Gasteiger partial charge in [0.2, 0.25) is 10.3 Å². The van der Waals surface area contributed by atoms with E-state index in [1.54, 1.807) is 11.5 Å². The van der Waals surface area contributed by atoms with Gasteiger partial charge in [-0.2, -0.15) is 8.42 Å². The monoisotopic (exact) mass is 256 g/mol. The summed E-state index contributed by atoms with van der Waals surface area (Å²) in [5.41, 5.74) is 3.66. The maximum atomic E-state index is 12.1. The number of anilines is 1. The van der Waals surface area contributed by atoms with E-state index in [1.165, 1.54) is 0 Å². The van der Waals surface area contributed by atoms with E-state index in [1.807, 2.05) is 20.8 Å². The van der Waals surface area contributed by atoms with Crippen LogP contribution in [0.1, 0.15) is 23.7 Å². The number of pyridine rings is 1. The van der Waals surface area contributed by atoms with Crippen molar-refractivity contribution in [1.82, 2.24) is 4.57 Å². The number of hydrogen-bond donors (Lipinski definition) is 1. The van der Waals surface area contributed by atoms with E-state index in [9.17, 15) is 13.2 Å². The first-order chi connectivity index (χ1) is 7.90. The fourth-order valence-corrected chi connectivity index (χ4v) is 1.98. The lowest BCUT2D eigenvalue weighted by Crippen LogP contribution is -2.27. The number of hydrogen-bond acceptors (Lipinski definition) is 3. The van der Waals surface area contributed by atoms with Gasteiger partial charge in [-0.15, -0.1) is 0 Å². The Balaban J connectivity index is 3.56. The van der Waals surface area contributed by atoms with Crippen molar-refractivity contribution in [3.05, 3.63) is 27.2 Å². The Labute approximate surface area is 102 Å². The minimum atomic E-state index is -2.34. The second kappa shape index (κ2) is 5.18. The average Bonchev–Trinajstić information content (AvgIpc) is 2.26. The minimum absolute atomic E-state index is 0.199. The highest BCUT2D eigenvalue weighted by atomic mass is 32.2. The molecule has 94 valence electrons. The predicted molar refractivity (Wildman–Crippen MR) is 69.2 cm³/mol. The molecule has 0 aliphatic carbocycles. The van der Waals surface area contributed by atoms with Crippen LogP contribution in [-0.2, 0) is 16.8 Å². The van der Waals surface area contributed by atoms with E-state index in [0.29, 0.717) is 12.2 Å². The SMILES string of the molecule is CCn1c(C)c(C)c(C)c(NC=S(=O)=O)c1=O. The van der Waals surface area contributed by atoms with Gasteiger partial charge in [-0.05, 0) is 38.8 Å². The van der Waals surface area contributed by atoms with Gasteiger partial charge in [0.05, 0.1) is 0 Å². The summed E-state index contributed by atoms with van der Waals surface area (Å²) in [6.45, 7) is 8.03. The molecule has 0 bridgehead atoms. The molecule has 0 spiro atoms. The molecular formula is C11H16N2O3S. The molecule has 5 nitrogen and oxygen atoms in total. The lowest BCUT2D eigenvalue weighted by molar-refractivity contribution is 0.627. The second-order valence-corrected chi connectivity index (χ2v) is 4.54. The highest BCUT2D eigenvalue weighted by Gasteiger charge is 2.12. The number of nitrogens with zero attached hydrogens (tertiary/aromatic N) is 1. The third-order valence-corrected chi connectivity index (χ3v) is 3.27. The van der Waals surface area contributed by atoms with Crippen LogP contribution in [-0.4, -0.2) is 18.5 Å². The smallest absolute Gasteiger partial charge is 0.274 e. The Morgan fingerprint density at radius 2 is 1.82 bits per heavy atom. The van der Waals surface area contributed by atoms with Gasteiger partial charge in [0.1, 0.15) is 11.2 Å². The molecule has 0 aliphatic rings. The highest BCUT2D eigenvalue weighted by Crippen LogP contribution is 2.17. The zero-order valence-corrected chi connectivity index (χ0v) is 11.2. The maximum Gasteiger partial charge on any atom is 0.274 e. The summed E-state index contributed by atoms with van der Waals surface area (Å²) in [6, 6.07) is 0. The van der Waals surface area contributed by atoms with Crippen LogP contribution in [0.3, 0.4) is 0 Å². The summed E-state index contributed by atoms with van der Waals surface area (Å²) >= 11 is 0. The van der Waals surface area contributed by atoms with Crippen LogP contribution in [0.2, 0.25) is 0 Å². The summed E-state index contributed by atoms with van der Waals surface area (Å²) in [5.74, 6) is 0. The van der Waals surface area contributed by atoms with E-state index in [2.05, 4.69) is 5.32 Å². The molecule has 0 unspecified atom stereocenters. The van der Waals surface area contributed by atoms with Crippen molar-refractivity contribution in [3.63, 3.8) is 0 Å². The highest BCUT2D eigenvalue weighted by molar-refractivity contribution is 7.71. The van der Waals surface area contributed by atoms with Crippen LogP contribution < -0.4 is 10.9 Å². The standard InChI is InChI=1S/C11H16N2O3S/c1-5-13-9(4)7(2)8(3)10(11(13)14)12-6-17(15)16/h6,12H,5H2,1-4H3. The van der Waals surface area contributed by atoms with Gasteiger partial charge in [0.25, 0.3) is 5.56 Å². The van der Waals surface area contributed by atoms with Crippen molar-refractivity contribution >= 4 is 21.5 Å². The van der Waals surface area contributed by atoms with Crippen LogP contribution in [0, 0.1) is 20.8 Å². The Bertz CT molecular complexity index is 619. The summed E-state index contributed by atoms with van der Waals surface area (Å²) in [4.78, 5) is 12.1. The lowest BCUT2D eigenvalue weighted by Gasteiger charge is -2.16. The molecule has 17 heavy (non-hydrogen) atoms. The predicted octanol–water partition coefficient (Wildman–Crippen LogP) is 0.844. The van der Waals surface area contributed by atoms with E-state index in [0.717, 1.165) is 22.3 Å². The number of rotatable bonds is 3. The van der Waals surface area contributed by atoms with Gasteiger partial charge in [-0.3, -0.25) is 4.79 Å². The summed E-state index contributed by atoms with van der Waals surface area (Å²) in [5, 5.41) is 2.55. The summed E-state index contributed by atoms with van der Waals surface area (Å²) in [6.07, 6.45) is 0. The molecule has 0 saturated carbocycles. The van der Waals surface area contributed by atoms with Gasteiger partial charge in [-0.1, -0.05) is 0 Å². The van der Waals surface area contributed by atoms with Crippen molar-refractivity contribution in [3.8, 4) is 0 Å². The van der Waals surface area contributed by atoms with Gasteiger partial charge >= 0.3 is 0 Å². The Morgan fingerprint density at radius 3 is 2.29 bits per heavy atom. The quantitative estimate of drug-likeness (QED) is 0.814. The summed E-state index contributed by atoms with van der Waals surface area (Å²) < 4.78 is 22.6. The van der Waals surface area contributed by atoms with Crippen LogP contribution in [0.15, 0.2) is 4.79 Å². The summed E-state index contributed by atoms with van der Waals surface area (Å²) in [7, 11) is -2.34. The Kier molecular flexibility index (Phi) is 4.11. The molecular weight excluding hydrogens is 240 g/mol. The molecule has 1 heterocycles. The number of nitrogens with one attached hydrogen (secondary N) is 1. The van der Waals surface area contributed by atoms with E-state index in [-0.39, 0.29) is 5.56 Å². The van der Waals surface area contributed by atoms with E-state index >= 15 is 0 Å². The molecule has 0 aliphatic heterocycles. The molecule has 1 N–H and O–H groups in total. The van der Waals surface area contributed by atoms with Crippen LogP contribution in [0.25, 0.3) is 0 Å². The zero-order valence-electron chi connectivity index (χ0n) is 10.4. The lowest BCUT2D eigenvalue weighted by atomic mass is 10.1. The van der Waals surface area contributed by atoms with Gasteiger partial charge in [-0.25, -0.2) is 0 Å². The minimum Gasteiger partial charge on any atom is -0.344 e. The van der Waals surface area contributed by atoms with Crippen LogP contribution in [0.5, 0.6) is 0 Å². The first-order valence-electron chi connectivity index (χ1n) is 5.28. The van der Waals surface area contributed by atoms with Crippen molar-refractivity contribution in [2.24, 2.45) is 0 Å². The van der Waals surface area contributed by atoms with Crippen molar-refractivity contribution < 1.29 is 8.42 Å². The average molecular weight is 256 g/mol. The molecule has 0 saturated heterocycles. The third kappa shape index (κ3) is 2.58. The second-order valence-electron chi connectivity index (χ2n) is 3.78. The first-order valence-corrected chi connectivity index (χ1v) is 6.42. The molecule has 1 rings (SSSR count). The molecule has 1 aromatic heterocycles. The van der Waals surface area contributed by atoms with Crippen molar-refractivity contribution in [2.45, 2.75) is 34.2 Å². The van der Waals surface area contributed by atoms with Crippen LogP contribution >= 0.6 is 0 Å². The van der Waals surface area contributed by atoms with E-state index in [4.69, 9.17) is 0 Å². The molecule has 0 radical (unpaired) electrons. The van der Waals surface area contributed by atoms with E-state index < -0.39 is 10.3 Å². The molecule has 6 heteroatoms. The van der Waals surface area contributed by atoms with Gasteiger partial charge < -0.3 is 9.88 Å². The van der Waals surface area contributed by atoms with Gasteiger partial charge in [0.15, 0.2) is 0 Å². The van der Waals surface area contributed by atoms with Gasteiger partial charge in [0, 0.05) is 12.2 Å². The van der Waals surface area contributed by atoms with Crippen LogP contribution in [0.4, 0.5) is 5.69 Å². The molecule has 0 atom stereocenters. The van der Waals surface area contributed by atoms with Crippen molar-refractivity contribution in [2.75, 3.05) is 5.32 Å². The number of aromatic nitrogens is 1. The fourth-order valence-electron chi connectivity index (χ4n) is 1.77. The normalized spacial score (nSPS) is 10.1.